The summed E-state index contributed by atoms with van der Waals surface area (Å²) < 4.78 is 10.9. The first kappa shape index (κ1) is 19.5. The van der Waals surface area contributed by atoms with Crippen molar-refractivity contribution in [3.05, 3.63) is 0 Å². The zero-order valence-electron chi connectivity index (χ0n) is 15.7. The highest BCUT2D eigenvalue weighted by molar-refractivity contribution is 5.68. The second kappa shape index (κ2) is 8.02. The molecule has 2 atom stereocenters. The smallest absolute Gasteiger partial charge is 0.410 e. The molecular weight excluding hydrogens is 308 g/mol. The quantitative estimate of drug-likeness (QED) is 0.852. The molecular formula is C18H34N2O4. The van der Waals surface area contributed by atoms with Crippen LogP contribution in [0.4, 0.5) is 4.79 Å². The van der Waals surface area contributed by atoms with E-state index in [0.29, 0.717) is 26.1 Å². The minimum absolute atomic E-state index is 0.270. The van der Waals surface area contributed by atoms with E-state index < -0.39 is 11.2 Å². The number of amides is 1. The molecule has 2 rings (SSSR count). The molecule has 0 aliphatic carbocycles. The van der Waals surface area contributed by atoms with Crippen LogP contribution in [0.25, 0.3) is 0 Å². The van der Waals surface area contributed by atoms with Gasteiger partial charge in [-0.15, -0.1) is 0 Å². The van der Waals surface area contributed by atoms with E-state index >= 15 is 0 Å². The summed E-state index contributed by atoms with van der Waals surface area (Å²) in [6, 6.07) is 0. The van der Waals surface area contributed by atoms with E-state index in [1.54, 1.807) is 12.0 Å². The second-order valence-electron chi connectivity index (χ2n) is 8.28. The Balaban J connectivity index is 1.88. The highest BCUT2D eigenvalue weighted by Gasteiger charge is 2.35. The molecule has 0 saturated carbocycles. The number of rotatable bonds is 3. The topological polar surface area (TPSA) is 62.2 Å². The lowest BCUT2D eigenvalue weighted by Crippen LogP contribution is -2.49. The summed E-state index contributed by atoms with van der Waals surface area (Å²) in [5, 5.41) is 11.0. The largest absolute Gasteiger partial charge is 0.444 e. The number of hydrogen-bond acceptors (Lipinski definition) is 5. The Labute approximate surface area is 146 Å². The molecule has 1 amide bonds. The van der Waals surface area contributed by atoms with Gasteiger partial charge in [0, 0.05) is 33.3 Å². The van der Waals surface area contributed by atoms with Crippen LogP contribution in [-0.2, 0) is 9.47 Å². The van der Waals surface area contributed by atoms with E-state index in [-0.39, 0.29) is 12.2 Å². The Morgan fingerprint density at radius 1 is 1.21 bits per heavy atom. The average Bonchev–Trinajstić information content (AvgIpc) is 2.67. The number of hydrogen-bond donors (Lipinski definition) is 1. The third-order valence-electron chi connectivity index (χ3n) is 4.88. The van der Waals surface area contributed by atoms with Crippen molar-refractivity contribution in [3.63, 3.8) is 0 Å². The molecule has 2 fully saturated rings. The number of likely N-dealkylation sites (tertiary alicyclic amines) is 2. The van der Waals surface area contributed by atoms with Crippen LogP contribution in [0.5, 0.6) is 0 Å². The number of piperidine rings is 1. The summed E-state index contributed by atoms with van der Waals surface area (Å²) in [6.07, 6.45) is 4.32. The highest BCUT2D eigenvalue weighted by atomic mass is 16.6. The molecule has 0 unspecified atom stereocenters. The Hall–Kier alpha value is -0.850. The van der Waals surface area contributed by atoms with E-state index in [1.807, 2.05) is 20.8 Å². The molecule has 2 saturated heterocycles. The summed E-state index contributed by atoms with van der Waals surface area (Å²) >= 11 is 0. The summed E-state index contributed by atoms with van der Waals surface area (Å²) in [5.74, 6) is 0. The maximum atomic E-state index is 12.2. The fourth-order valence-electron chi connectivity index (χ4n) is 3.61. The van der Waals surface area contributed by atoms with E-state index in [0.717, 1.165) is 38.8 Å². The minimum Gasteiger partial charge on any atom is -0.444 e. The van der Waals surface area contributed by atoms with Crippen molar-refractivity contribution in [1.29, 1.82) is 0 Å². The van der Waals surface area contributed by atoms with E-state index in [2.05, 4.69) is 4.90 Å². The first-order valence-corrected chi connectivity index (χ1v) is 9.16. The number of aliphatic hydroxyl groups is 1. The van der Waals surface area contributed by atoms with Crippen molar-refractivity contribution in [3.8, 4) is 0 Å². The fraction of sp³-hybridized carbons (Fsp3) is 0.944. The van der Waals surface area contributed by atoms with E-state index in [9.17, 15) is 9.90 Å². The zero-order valence-corrected chi connectivity index (χ0v) is 15.7. The molecule has 6 heteroatoms. The first-order chi connectivity index (χ1) is 11.2. The molecule has 0 aromatic rings. The lowest BCUT2D eigenvalue weighted by molar-refractivity contribution is -0.0374. The number of methoxy groups -OCH3 is 1. The molecule has 140 valence electrons. The van der Waals surface area contributed by atoms with Gasteiger partial charge in [-0.05, 0) is 59.4 Å². The van der Waals surface area contributed by atoms with E-state index in [1.165, 1.54) is 0 Å². The van der Waals surface area contributed by atoms with Crippen molar-refractivity contribution in [1.82, 2.24) is 9.80 Å². The van der Waals surface area contributed by atoms with Crippen LogP contribution in [-0.4, -0.2) is 78.1 Å². The van der Waals surface area contributed by atoms with Gasteiger partial charge in [-0.3, -0.25) is 4.90 Å². The Kier molecular flexibility index (Phi) is 6.51. The molecule has 0 radical (unpaired) electrons. The van der Waals surface area contributed by atoms with Gasteiger partial charge in [-0.25, -0.2) is 4.79 Å². The summed E-state index contributed by atoms with van der Waals surface area (Å²) in [5.41, 5.74) is -1.21. The Morgan fingerprint density at radius 3 is 2.62 bits per heavy atom. The maximum Gasteiger partial charge on any atom is 0.410 e. The highest BCUT2D eigenvalue weighted by Crippen LogP contribution is 2.26. The Bertz CT molecular complexity index is 424. The van der Waals surface area contributed by atoms with Crippen molar-refractivity contribution >= 4 is 6.09 Å². The molecule has 1 N–H and O–H groups in total. The van der Waals surface area contributed by atoms with Gasteiger partial charge in [0.15, 0.2) is 0 Å². The van der Waals surface area contributed by atoms with Crippen LogP contribution in [0.3, 0.4) is 0 Å². The van der Waals surface area contributed by atoms with Crippen LogP contribution in [0, 0.1) is 0 Å². The van der Waals surface area contributed by atoms with Gasteiger partial charge in [0.1, 0.15) is 5.60 Å². The number of nitrogens with zero attached hydrogens (tertiary/aromatic N) is 2. The predicted molar refractivity (Wildman–Crippen MR) is 93.1 cm³/mol. The van der Waals surface area contributed by atoms with Gasteiger partial charge in [-0.1, -0.05) is 0 Å². The van der Waals surface area contributed by atoms with Gasteiger partial charge in [0.2, 0.25) is 0 Å². The normalized spacial score (nSPS) is 30.0. The monoisotopic (exact) mass is 342 g/mol. The Morgan fingerprint density at radius 2 is 1.96 bits per heavy atom. The van der Waals surface area contributed by atoms with E-state index in [4.69, 9.17) is 9.47 Å². The molecule has 0 aromatic carbocycles. The van der Waals surface area contributed by atoms with Crippen LogP contribution in [0.15, 0.2) is 0 Å². The van der Waals surface area contributed by atoms with Crippen molar-refractivity contribution < 1.29 is 19.4 Å². The SMILES string of the molecule is CO[C@H]1CCCN(C[C@]2(O)CCCN(C(=O)OC(C)(C)C)CC2)C1. The summed E-state index contributed by atoms with van der Waals surface area (Å²) in [6.45, 7) is 9.39. The van der Waals surface area contributed by atoms with Gasteiger partial charge in [0.25, 0.3) is 0 Å². The van der Waals surface area contributed by atoms with Crippen LogP contribution < -0.4 is 0 Å². The maximum absolute atomic E-state index is 12.2. The first-order valence-electron chi connectivity index (χ1n) is 9.16. The predicted octanol–water partition coefficient (Wildman–Crippen LogP) is 2.25. The molecule has 0 aromatic heterocycles. The number of β-amino-alcohol motifs (C(OH)–C–C–N with tert-alkyl or cyclic N) is 1. The molecule has 0 bridgehead atoms. The molecule has 24 heavy (non-hydrogen) atoms. The van der Waals surface area contributed by atoms with Crippen LogP contribution >= 0.6 is 0 Å². The van der Waals surface area contributed by atoms with Crippen LogP contribution in [0.2, 0.25) is 0 Å². The molecule has 2 aliphatic rings. The number of carbonyl (C=O) groups is 1. The fourth-order valence-corrected chi connectivity index (χ4v) is 3.61. The van der Waals surface area contributed by atoms with Gasteiger partial charge >= 0.3 is 6.09 Å². The number of ether oxygens (including phenoxy) is 2. The zero-order chi connectivity index (χ0) is 17.8. The third kappa shape index (κ3) is 5.90. The van der Waals surface area contributed by atoms with Gasteiger partial charge in [-0.2, -0.15) is 0 Å². The van der Waals surface area contributed by atoms with Crippen molar-refractivity contribution in [2.45, 2.75) is 70.2 Å². The third-order valence-corrected chi connectivity index (χ3v) is 4.88. The van der Waals surface area contributed by atoms with Gasteiger partial charge < -0.3 is 19.5 Å². The van der Waals surface area contributed by atoms with Crippen LogP contribution in [0.1, 0.15) is 52.9 Å². The lowest BCUT2D eigenvalue weighted by Gasteiger charge is -2.38. The molecule has 0 spiro atoms. The molecule has 2 aliphatic heterocycles. The molecule has 2 heterocycles. The second-order valence-corrected chi connectivity index (χ2v) is 8.28. The van der Waals surface area contributed by atoms with Gasteiger partial charge in [0.05, 0.1) is 11.7 Å². The van der Waals surface area contributed by atoms with Crippen molar-refractivity contribution in [2.24, 2.45) is 0 Å². The minimum atomic E-state index is -0.730. The average molecular weight is 342 g/mol. The summed E-state index contributed by atoms with van der Waals surface area (Å²) in [4.78, 5) is 16.3. The van der Waals surface area contributed by atoms with Crippen molar-refractivity contribution in [2.75, 3.05) is 39.8 Å². The number of carbonyl (C=O) groups excluding carboxylic acids is 1. The lowest BCUT2D eigenvalue weighted by atomic mass is 9.93. The standard InChI is InChI=1S/C18H34N2O4/c1-17(2,3)24-16(21)20-11-6-8-18(22,9-12-20)14-19-10-5-7-15(13-19)23-4/h15,22H,5-14H2,1-4H3/t15-,18-/m0/s1. The molecule has 6 nitrogen and oxygen atoms in total. The summed E-state index contributed by atoms with van der Waals surface area (Å²) in [7, 11) is 1.76.